The standard InChI is InChI=1S/C9H14N2O4/c10-8(5-12)9(13)6-1-3-7(4-2-6)11(14)15/h1-4,8-9,12-15H,5,10H2/t8-,9-/m1/s1. The minimum absolute atomic E-state index is 0.0257. The van der Waals surface area contributed by atoms with E-state index in [1.54, 1.807) is 0 Å². The van der Waals surface area contributed by atoms with E-state index in [4.69, 9.17) is 21.3 Å². The topological polar surface area (TPSA) is 110 Å². The van der Waals surface area contributed by atoms with Crippen LogP contribution in [0.3, 0.4) is 0 Å². The molecule has 0 aliphatic rings. The molecule has 0 spiro atoms. The van der Waals surface area contributed by atoms with Crippen LogP contribution in [0.15, 0.2) is 24.3 Å². The Balaban J connectivity index is 2.79. The van der Waals surface area contributed by atoms with Crippen LogP contribution in [0.25, 0.3) is 0 Å². The Morgan fingerprint density at radius 3 is 2.13 bits per heavy atom. The van der Waals surface area contributed by atoms with Gasteiger partial charge in [0.05, 0.1) is 24.4 Å². The van der Waals surface area contributed by atoms with Gasteiger partial charge >= 0.3 is 0 Å². The summed E-state index contributed by atoms with van der Waals surface area (Å²) >= 11 is 0. The lowest BCUT2D eigenvalue weighted by Gasteiger charge is -2.17. The highest BCUT2D eigenvalue weighted by Gasteiger charge is 2.15. The van der Waals surface area contributed by atoms with E-state index in [1.807, 2.05) is 0 Å². The number of aliphatic hydroxyl groups excluding tert-OH is 2. The highest BCUT2D eigenvalue weighted by atomic mass is 16.8. The van der Waals surface area contributed by atoms with Gasteiger partial charge < -0.3 is 15.9 Å². The van der Waals surface area contributed by atoms with Crippen LogP contribution in [0.4, 0.5) is 5.69 Å². The smallest absolute Gasteiger partial charge is 0.0963 e. The van der Waals surface area contributed by atoms with Crippen LogP contribution in [0.1, 0.15) is 11.7 Å². The molecule has 1 aromatic carbocycles. The first-order valence-corrected chi connectivity index (χ1v) is 4.38. The van der Waals surface area contributed by atoms with Gasteiger partial charge in [-0.1, -0.05) is 12.1 Å². The van der Waals surface area contributed by atoms with Crippen molar-refractivity contribution in [3.63, 3.8) is 0 Å². The maximum absolute atomic E-state index is 9.59. The molecule has 2 atom stereocenters. The molecular formula is C9H14N2O4. The van der Waals surface area contributed by atoms with Crippen molar-refractivity contribution in [3.05, 3.63) is 29.8 Å². The summed E-state index contributed by atoms with van der Waals surface area (Å²) in [5.74, 6) is 0. The molecule has 0 radical (unpaired) electrons. The minimum atomic E-state index is -0.977. The predicted octanol–water partition coefficient (Wildman–Crippen LogP) is -0.376. The maximum Gasteiger partial charge on any atom is 0.0963 e. The average Bonchev–Trinajstić information content (AvgIpc) is 2.27. The largest absolute Gasteiger partial charge is 0.395 e. The van der Waals surface area contributed by atoms with Gasteiger partial charge in [0, 0.05) is 0 Å². The molecular weight excluding hydrogens is 200 g/mol. The van der Waals surface area contributed by atoms with Crippen molar-refractivity contribution >= 4 is 5.69 Å². The predicted molar refractivity (Wildman–Crippen MR) is 52.5 cm³/mol. The summed E-state index contributed by atoms with van der Waals surface area (Å²) in [4.78, 5) is 0. The second-order valence-electron chi connectivity index (χ2n) is 3.17. The summed E-state index contributed by atoms with van der Waals surface area (Å²) in [6.45, 7) is -0.324. The molecule has 0 fully saturated rings. The number of nitrogens with two attached hydrogens (primary N) is 1. The molecule has 6 nitrogen and oxygen atoms in total. The van der Waals surface area contributed by atoms with Gasteiger partial charge in [-0.3, -0.25) is 10.4 Å². The van der Waals surface area contributed by atoms with Gasteiger partial charge in [-0.05, 0) is 17.7 Å². The minimum Gasteiger partial charge on any atom is -0.395 e. The Morgan fingerprint density at radius 2 is 1.73 bits per heavy atom. The zero-order valence-corrected chi connectivity index (χ0v) is 7.98. The number of anilines is 1. The van der Waals surface area contributed by atoms with Gasteiger partial charge in [0.1, 0.15) is 0 Å². The third-order valence-corrected chi connectivity index (χ3v) is 2.08. The van der Waals surface area contributed by atoms with Crippen molar-refractivity contribution in [2.75, 3.05) is 11.8 Å². The number of nitrogens with zero attached hydrogens (tertiary/aromatic N) is 1. The monoisotopic (exact) mass is 214 g/mol. The average molecular weight is 214 g/mol. The molecule has 15 heavy (non-hydrogen) atoms. The second kappa shape index (κ2) is 5.06. The maximum atomic E-state index is 9.59. The molecule has 84 valence electrons. The van der Waals surface area contributed by atoms with E-state index in [9.17, 15) is 5.11 Å². The summed E-state index contributed by atoms with van der Waals surface area (Å²) in [6.07, 6.45) is -0.977. The van der Waals surface area contributed by atoms with E-state index < -0.39 is 12.1 Å². The molecule has 0 aromatic heterocycles. The Hall–Kier alpha value is -1.18. The van der Waals surface area contributed by atoms with Crippen molar-refractivity contribution in [1.29, 1.82) is 0 Å². The third-order valence-electron chi connectivity index (χ3n) is 2.08. The number of rotatable bonds is 4. The fourth-order valence-corrected chi connectivity index (χ4v) is 1.15. The lowest BCUT2D eigenvalue weighted by atomic mass is 10.0. The number of aliphatic hydroxyl groups is 2. The lowest BCUT2D eigenvalue weighted by molar-refractivity contribution is 0.0291. The summed E-state index contributed by atoms with van der Waals surface area (Å²) in [5.41, 5.74) is 6.11. The van der Waals surface area contributed by atoms with E-state index in [1.165, 1.54) is 24.3 Å². The van der Waals surface area contributed by atoms with Crippen molar-refractivity contribution in [2.45, 2.75) is 12.1 Å². The zero-order chi connectivity index (χ0) is 11.4. The normalized spacial score (nSPS) is 14.7. The lowest BCUT2D eigenvalue weighted by Crippen LogP contribution is -2.31. The van der Waals surface area contributed by atoms with Crippen molar-refractivity contribution < 1.29 is 20.6 Å². The molecule has 0 bridgehead atoms. The number of hydrogen-bond acceptors (Lipinski definition) is 6. The molecule has 0 aliphatic carbocycles. The molecule has 0 amide bonds. The number of benzene rings is 1. The zero-order valence-electron chi connectivity index (χ0n) is 7.98. The van der Waals surface area contributed by atoms with E-state index in [0.29, 0.717) is 5.56 Å². The first-order valence-electron chi connectivity index (χ1n) is 4.38. The first-order chi connectivity index (χ1) is 7.06. The SMILES string of the molecule is N[C@H](CO)[C@H](O)c1ccc(N(O)O)cc1. The molecule has 0 aliphatic heterocycles. The Kier molecular flexibility index (Phi) is 4.01. The molecule has 0 saturated carbocycles. The Labute approximate surface area is 86.7 Å². The van der Waals surface area contributed by atoms with Crippen molar-refractivity contribution in [1.82, 2.24) is 0 Å². The van der Waals surface area contributed by atoms with Crippen molar-refractivity contribution in [3.8, 4) is 0 Å². The molecule has 0 heterocycles. The van der Waals surface area contributed by atoms with E-state index >= 15 is 0 Å². The molecule has 6 heteroatoms. The van der Waals surface area contributed by atoms with Gasteiger partial charge in [0.25, 0.3) is 0 Å². The van der Waals surface area contributed by atoms with E-state index in [0.717, 1.165) is 0 Å². The number of hydrogen-bond donors (Lipinski definition) is 5. The van der Waals surface area contributed by atoms with Crippen LogP contribution in [0.5, 0.6) is 0 Å². The van der Waals surface area contributed by atoms with Crippen LogP contribution in [-0.2, 0) is 0 Å². The highest BCUT2D eigenvalue weighted by Crippen LogP contribution is 2.19. The summed E-state index contributed by atoms with van der Waals surface area (Å²) in [6, 6.07) is 5.05. The molecule has 0 unspecified atom stereocenters. The molecule has 6 N–H and O–H groups in total. The van der Waals surface area contributed by atoms with Crippen LogP contribution in [0.2, 0.25) is 0 Å². The van der Waals surface area contributed by atoms with Crippen LogP contribution in [0, 0.1) is 0 Å². The summed E-state index contributed by atoms with van der Waals surface area (Å²) in [5, 5.41) is 35.6. The summed E-state index contributed by atoms with van der Waals surface area (Å²) < 4.78 is 0. The highest BCUT2D eigenvalue weighted by molar-refractivity contribution is 5.43. The third kappa shape index (κ3) is 2.88. The molecule has 1 aromatic rings. The van der Waals surface area contributed by atoms with Crippen LogP contribution < -0.4 is 11.0 Å². The van der Waals surface area contributed by atoms with Crippen LogP contribution >= 0.6 is 0 Å². The van der Waals surface area contributed by atoms with Gasteiger partial charge in [0.2, 0.25) is 0 Å². The molecule has 1 rings (SSSR count). The van der Waals surface area contributed by atoms with Gasteiger partial charge in [-0.2, -0.15) is 0 Å². The van der Waals surface area contributed by atoms with Gasteiger partial charge in [-0.25, -0.2) is 0 Å². The van der Waals surface area contributed by atoms with E-state index in [-0.39, 0.29) is 17.5 Å². The van der Waals surface area contributed by atoms with E-state index in [2.05, 4.69) is 0 Å². The second-order valence-corrected chi connectivity index (χ2v) is 3.17. The Morgan fingerprint density at radius 1 is 1.20 bits per heavy atom. The quantitative estimate of drug-likeness (QED) is 0.437. The van der Waals surface area contributed by atoms with Gasteiger partial charge in [-0.15, -0.1) is 5.23 Å². The van der Waals surface area contributed by atoms with Gasteiger partial charge in [0.15, 0.2) is 0 Å². The van der Waals surface area contributed by atoms with Crippen molar-refractivity contribution in [2.24, 2.45) is 5.73 Å². The molecule has 0 saturated heterocycles. The summed E-state index contributed by atoms with van der Waals surface area (Å²) in [7, 11) is 0. The fraction of sp³-hybridized carbons (Fsp3) is 0.333. The van der Waals surface area contributed by atoms with Crippen LogP contribution in [-0.4, -0.2) is 33.3 Å². The first kappa shape index (κ1) is 11.9. The fourth-order valence-electron chi connectivity index (χ4n) is 1.15. The Bertz CT molecular complexity index is 301.